The molecule has 4 rings (SSSR count). The highest BCUT2D eigenvalue weighted by Gasteiger charge is 2.20. The summed E-state index contributed by atoms with van der Waals surface area (Å²) in [7, 11) is 0. The van der Waals surface area contributed by atoms with E-state index in [1.807, 2.05) is 31.2 Å². The molecule has 6 heteroatoms. The molecule has 3 aromatic rings. The predicted octanol–water partition coefficient (Wildman–Crippen LogP) is 6.00. The second kappa shape index (κ2) is 6.06. The summed E-state index contributed by atoms with van der Waals surface area (Å²) in [5.41, 5.74) is 4.63. The number of hydrogen-bond acceptors (Lipinski definition) is 4. The molecule has 0 spiro atoms. The summed E-state index contributed by atoms with van der Waals surface area (Å²) in [5, 5.41) is 11.0. The number of aromatic hydroxyl groups is 1. The van der Waals surface area contributed by atoms with Gasteiger partial charge in [0.05, 0.1) is 15.7 Å². The molecule has 1 N–H and O–H groups in total. The van der Waals surface area contributed by atoms with Gasteiger partial charge in [-0.3, -0.25) is 4.99 Å². The number of allylic oxidation sites excluding steroid dienone is 1. The highest BCUT2D eigenvalue weighted by atomic mass is 35.5. The Hall–Kier alpha value is -2.56. The van der Waals surface area contributed by atoms with Gasteiger partial charge >= 0.3 is 5.95 Å². The van der Waals surface area contributed by atoms with Gasteiger partial charge < -0.3 is 9.52 Å². The number of nitrogens with zero attached hydrogens (tertiary/aromatic N) is 2. The Balaban J connectivity index is 1.77. The smallest absolute Gasteiger partial charge is 0.310 e. The minimum atomic E-state index is -0.259. The predicted molar refractivity (Wildman–Crippen MR) is 101 cm³/mol. The van der Waals surface area contributed by atoms with Crippen LogP contribution in [-0.2, 0) is 0 Å². The number of benzene rings is 2. The molecule has 0 saturated carbocycles. The molecule has 1 aliphatic rings. The number of rotatable bonds is 2. The maximum absolute atomic E-state index is 10.1. The summed E-state index contributed by atoms with van der Waals surface area (Å²) in [6, 6.07) is 12.8. The minimum Gasteiger partial charge on any atom is -0.479 e. The molecule has 0 bridgehead atoms. The zero-order valence-corrected chi connectivity index (χ0v) is 14.6. The Morgan fingerprint density at radius 1 is 1.08 bits per heavy atom. The molecule has 0 radical (unpaired) electrons. The van der Waals surface area contributed by atoms with Crippen molar-refractivity contribution >= 4 is 46.3 Å². The van der Waals surface area contributed by atoms with Crippen LogP contribution in [0.5, 0.6) is 5.95 Å². The van der Waals surface area contributed by atoms with Gasteiger partial charge in [0.2, 0.25) is 5.89 Å². The summed E-state index contributed by atoms with van der Waals surface area (Å²) >= 11 is 12.0. The van der Waals surface area contributed by atoms with E-state index in [-0.39, 0.29) is 11.8 Å². The summed E-state index contributed by atoms with van der Waals surface area (Å²) in [6.45, 7) is 1.92. The van der Waals surface area contributed by atoms with Crippen LogP contribution in [0.1, 0.15) is 18.2 Å². The fraction of sp³-hybridized carbons (Fsp3) is 0.0526. The first-order valence-electron chi connectivity index (χ1n) is 7.55. The molecule has 124 valence electrons. The Kier molecular flexibility index (Phi) is 3.86. The lowest BCUT2D eigenvalue weighted by Crippen LogP contribution is -1.90. The second-order valence-electron chi connectivity index (χ2n) is 5.61. The molecule has 1 aromatic heterocycles. The first-order chi connectivity index (χ1) is 12.0. The molecular formula is C19H12Cl2N2O2. The average Bonchev–Trinajstić information content (AvgIpc) is 3.11. The maximum Gasteiger partial charge on any atom is 0.310 e. The molecule has 0 saturated heterocycles. The van der Waals surface area contributed by atoms with Crippen molar-refractivity contribution in [2.24, 2.45) is 4.99 Å². The van der Waals surface area contributed by atoms with Crippen molar-refractivity contribution in [3.8, 4) is 17.4 Å². The second-order valence-corrected chi connectivity index (χ2v) is 6.43. The standard InChI is InChI=1S/C19H12Cl2N2O2/c1-10-13(12-4-2-3-5-16(12)22-10)9-17-19(24)25-18(23-17)11-6-7-14(20)15(21)8-11/h2-9,24H,1H3/b13-9-. The van der Waals surface area contributed by atoms with Gasteiger partial charge in [-0.05, 0) is 37.3 Å². The first kappa shape index (κ1) is 15.9. The third-order valence-electron chi connectivity index (χ3n) is 3.95. The summed E-state index contributed by atoms with van der Waals surface area (Å²) < 4.78 is 5.39. The van der Waals surface area contributed by atoms with Crippen molar-refractivity contribution in [3.05, 3.63) is 63.8 Å². The maximum atomic E-state index is 10.1. The average molecular weight is 371 g/mol. The molecular weight excluding hydrogens is 359 g/mol. The van der Waals surface area contributed by atoms with Crippen molar-refractivity contribution in [2.45, 2.75) is 6.92 Å². The SMILES string of the molecule is CC1=Nc2ccccc2/C1=C\c1nc(-c2ccc(Cl)c(Cl)c2)oc1O. The molecule has 0 unspecified atom stereocenters. The molecule has 4 nitrogen and oxygen atoms in total. The number of para-hydroxylation sites is 1. The van der Waals surface area contributed by atoms with Gasteiger partial charge in [-0.25, -0.2) is 4.98 Å². The highest BCUT2D eigenvalue weighted by molar-refractivity contribution is 6.42. The minimum absolute atomic E-state index is 0.259. The van der Waals surface area contributed by atoms with Crippen molar-refractivity contribution in [2.75, 3.05) is 0 Å². The lowest BCUT2D eigenvalue weighted by atomic mass is 10.0. The van der Waals surface area contributed by atoms with E-state index < -0.39 is 0 Å². The van der Waals surface area contributed by atoms with E-state index in [0.717, 1.165) is 22.5 Å². The normalized spacial score (nSPS) is 14.7. The van der Waals surface area contributed by atoms with Gasteiger partial charge in [-0.2, -0.15) is 0 Å². The highest BCUT2D eigenvalue weighted by Crippen LogP contribution is 2.37. The summed E-state index contributed by atoms with van der Waals surface area (Å²) in [5.74, 6) is 0.00884. The number of aliphatic imine (C=N–C) groups is 1. The van der Waals surface area contributed by atoms with Crippen LogP contribution in [-0.4, -0.2) is 15.8 Å². The van der Waals surface area contributed by atoms with Crippen LogP contribution in [0, 0.1) is 0 Å². The van der Waals surface area contributed by atoms with Gasteiger partial charge in [-0.15, -0.1) is 0 Å². The number of fused-ring (bicyclic) bond motifs is 1. The van der Waals surface area contributed by atoms with E-state index in [4.69, 9.17) is 27.6 Å². The quantitative estimate of drug-likeness (QED) is 0.601. The molecule has 2 aromatic carbocycles. The number of aromatic nitrogens is 1. The summed E-state index contributed by atoms with van der Waals surface area (Å²) in [6.07, 6.45) is 1.77. The Bertz CT molecular complexity index is 1050. The van der Waals surface area contributed by atoms with Crippen LogP contribution < -0.4 is 0 Å². The van der Waals surface area contributed by atoms with E-state index in [1.165, 1.54) is 0 Å². The van der Waals surface area contributed by atoms with E-state index in [9.17, 15) is 5.11 Å². The zero-order chi connectivity index (χ0) is 17.6. The molecule has 0 fully saturated rings. The van der Waals surface area contributed by atoms with Crippen LogP contribution in [0.3, 0.4) is 0 Å². The van der Waals surface area contributed by atoms with Crippen molar-refractivity contribution < 1.29 is 9.52 Å². The van der Waals surface area contributed by atoms with Gasteiger partial charge in [0.15, 0.2) is 0 Å². The van der Waals surface area contributed by atoms with E-state index >= 15 is 0 Å². The van der Waals surface area contributed by atoms with Crippen molar-refractivity contribution in [3.63, 3.8) is 0 Å². The molecule has 0 amide bonds. The molecule has 0 aliphatic carbocycles. The largest absolute Gasteiger partial charge is 0.479 e. The van der Waals surface area contributed by atoms with Gasteiger partial charge in [0.25, 0.3) is 0 Å². The Morgan fingerprint density at radius 3 is 2.68 bits per heavy atom. The zero-order valence-electron chi connectivity index (χ0n) is 13.1. The van der Waals surface area contributed by atoms with Gasteiger partial charge in [0.1, 0.15) is 5.69 Å². The fourth-order valence-corrected chi connectivity index (χ4v) is 3.02. The van der Waals surface area contributed by atoms with Crippen LogP contribution >= 0.6 is 23.2 Å². The number of halogens is 2. The van der Waals surface area contributed by atoms with Crippen LogP contribution in [0.25, 0.3) is 23.1 Å². The van der Waals surface area contributed by atoms with Crippen LogP contribution in [0.2, 0.25) is 10.0 Å². The lowest BCUT2D eigenvalue weighted by Gasteiger charge is -1.99. The van der Waals surface area contributed by atoms with E-state index in [2.05, 4.69) is 9.98 Å². The Morgan fingerprint density at radius 2 is 1.88 bits per heavy atom. The lowest BCUT2D eigenvalue weighted by molar-refractivity contribution is 0.336. The van der Waals surface area contributed by atoms with Gasteiger partial charge in [0, 0.05) is 22.4 Å². The molecule has 2 heterocycles. The number of oxazole rings is 1. The topological polar surface area (TPSA) is 58.6 Å². The third-order valence-corrected chi connectivity index (χ3v) is 4.69. The molecule has 0 atom stereocenters. The number of hydrogen-bond donors (Lipinski definition) is 1. The third kappa shape index (κ3) is 2.84. The van der Waals surface area contributed by atoms with Crippen LogP contribution in [0.4, 0.5) is 5.69 Å². The Labute approximate surface area is 154 Å². The molecule has 25 heavy (non-hydrogen) atoms. The van der Waals surface area contributed by atoms with Crippen molar-refractivity contribution in [1.29, 1.82) is 0 Å². The first-order valence-corrected chi connectivity index (χ1v) is 8.30. The van der Waals surface area contributed by atoms with Gasteiger partial charge in [-0.1, -0.05) is 41.4 Å². The van der Waals surface area contributed by atoms with Crippen molar-refractivity contribution in [1.82, 2.24) is 4.98 Å². The van der Waals surface area contributed by atoms with Crippen LogP contribution in [0.15, 0.2) is 51.9 Å². The van der Waals surface area contributed by atoms with E-state index in [1.54, 1.807) is 24.3 Å². The van der Waals surface area contributed by atoms with E-state index in [0.29, 0.717) is 21.3 Å². The fourth-order valence-electron chi connectivity index (χ4n) is 2.72. The monoisotopic (exact) mass is 370 g/mol. The molecule has 1 aliphatic heterocycles. The summed E-state index contributed by atoms with van der Waals surface area (Å²) in [4.78, 5) is 8.89.